The molecule has 0 radical (unpaired) electrons. The summed E-state index contributed by atoms with van der Waals surface area (Å²) in [4.78, 5) is 30.8. The predicted octanol–water partition coefficient (Wildman–Crippen LogP) is 4.48. The van der Waals surface area contributed by atoms with Crippen LogP contribution in [0, 0.1) is 0 Å². The Bertz CT molecular complexity index is 838. The van der Waals surface area contributed by atoms with Gasteiger partial charge in [-0.3, -0.25) is 9.69 Å². The number of hydrogen-bond donors (Lipinski definition) is 1. The van der Waals surface area contributed by atoms with E-state index < -0.39 is 23.9 Å². The summed E-state index contributed by atoms with van der Waals surface area (Å²) in [5, 5.41) is 3.19. The number of nitrogens with one attached hydrogen (secondary N) is 1. The number of carbonyl (C=O) groups excluding carboxylic acids is 2. The molecule has 2 rings (SSSR count). The Morgan fingerprint density at radius 3 is 2.60 bits per heavy atom. The van der Waals surface area contributed by atoms with E-state index in [-0.39, 0.29) is 48.1 Å². The van der Waals surface area contributed by atoms with Gasteiger partial charge in [-0.15, -0.1) is 0 Å². The van der Waals surface area contributed by atoms with Crippen molar-refractivity contribution in [3.63, 3.8) is 0 Å². The number of halogens is 4. The first-order chi connectivity index (χ1) is 14.1. The van der Waals surface area contributed by atoms with E-state index in [1.54, 1.807) is 31.3 Å². The highest BCUT2D eigenvalue weighted by molar-refractivity contribution is 6.43. The zero-order chi connectivity index (χ0) is 22.5. The molecule has 1 unspecified atom stereocenters. The van der Waals surface area contributed by atoms with Gasteiger partial charge in [0.2, 0.25) is 0 Å². The smallest absolute Gasteiger partial charge is 0.346 e. The number of amides is 3. The van der Waals surface area contributed by atoms with E-state index in [1.165, 1.54) is 11.9 Å². The van der Waals surface area contributed by atoms with Crippen LogP contribution in [0.3, 0.4) is 0 Å². The normalized spacial score (nSPS) is 17.9. The van der Waals surface area contributed by atoms with E-state index >= 15 is 0 Å². The van der Waals surface area contributed by atoms with Crippen molar-refractivity contribution in [2.45, 2.75) is 31.7 Å². The molecular formula is C20H24Cl2F2N4O2. The molecule has 1 heterocycles. The molecule has 0 aliphatic carbocycles. The molecule has 0 spiro atoms. The van der Waals surface area contributed by atoms with Crippen molar-refractivity contribution in [2.75, 3.05) is 26.7 Å². The molecule has 1 atom stereocenters. The molecular weight excluding hydrogens is 437 g/mol. The minimum absolute atomic E-state index is 0.138. The molecule has 1 aliphatic rings. The number of carbonyl (C=O) groups is 2. The molecule has 1 fully saturated rings. The second-order valence-corrected chi connectivity index (χ2v) is 7.93. The van der Waals surface area contributed by atoms with Crippen LogP contribution in [-0.4, -0.2) is 67.1 Å². The fourth-order valence-electron chi connectivity index (χ4n) is 3.26. The van der Waals surface area contributed by atoms with E-state index in [0.717, 1.165) is 0 Å². The van der Waals surface area contributed by atoms with Crippen molar-refractivity contribution in [3.8, 4) is 0 Å². The van der Waals surface area contributed by atoms with Gasteiger partial charge < -0.3 is 10.2 Å². The summed E-state index contributed by atoms with van der Waals surface area (Å²) >= 11 is 12.1. The minimum atomic E-state index is -2.70. The highest BCUT2D eigenvalue weighted by Crippen LogP contribution is 2.30. The molecule has 0 saturated carbocycles. The number of nitrogens with zero attached hydrogens (tertiary/aromatic N) is 3. The molecule has 1 N–H and O–H groups in total. The molecule has 0 aromatic heterocycles. The first-order valence-corrected chi connectivity index (χ1v) is 10.1. The van der Waals surface area contributed by atoms with E-state index in [4.69, 9.17) is 23.2 Å². The maximum Gasteiger partial charge on any atom is 0.346 e. The molecule has 30 heavy (non-hydrogen) atoms. The van der Waals surface area contributed by atoms with Gasteiger partial charge in [0, 0.05) is 51.8 Å². The zero-order valence-corrected chi connectivity index (χ0v) is 18.3. The van der Waals surface area contributed by atoms with Crippen LogP contribution < -0.4 is 5.32 Å². The third-order valence-corrected chi connectivity index (χ3v) is 5.80. The van der Waals surface area contributed by atoms with Gasteiger partial charge in [-0.2, -0.15) is 0 Å². The first-order valence-electron chi connectivity index (χ1n) is 9.31. The monoisotopic (exact) mass is 460 g/mol. The summed E-state index contributed by atoms with van der Waals surface area (Å²) in [6.07, 6.45) is 1.02. The second kappa shape index (κ2) is 10.3. The Balaban J connectivity index is 2.19. The lowest BCUT2D eigenvalue weighted by Crippen LogP contribution is -2.50. The second-order valence-electron chi connectivity index (χ2n) is 7.14. The largest absolute Gasteiger partial charge is 0.350 e. The van der Waals surface area contributed by atoms with Crippen LogP contribution in [0.25, 0.3) is 0 Å². The summed E-state index contributed by atoms with van der Waals surface area (Å²) in [6.45, 7) is 5.43. The highest BCUT2D eigenvalue weighted by Gasteiger charge is 2.36. The summed E-state index contributed by atoms with van der Waals surface area (Å²) in [5.41, 5.74) is 0.926. The summed E-state index contributed by atoms with van der Waals surface area (Å²) in [6, 6.07) is 3.79. The standard InChI is InChI=1S/C20H24Cl2F2N4O2/c1-13(12-27(3)19(30)25-2)16(28-9-7-20(23,24)8-10-28)11-26-18(29)14-5-4-6-15(21)17(14)22/h4-6,12,16H,2,7-11H2,1,3H3,(H,26,29)/b13-12+. The number of urea groups is 1. The maximum atomic E-state index is 13.6. The van der Waals surface area contributed by atoms with Gasteiger partial charge in [0.25, 0.3) is 11.8 Å². The Morgan fingerprint density at radius 1 is 1.37 bits per heavy atom. The highest BCUT2D eigenvalue weighted by atomic mass is 35.5. The lowest BCUT2D eigenvalue weighted by atomic mass is 10.0. The molecule has 0 bridgehead atoms. The van der Waals surface area contributed by atoms with Gasteiger partial charge in [0.1, 0.15) is 0 Å². The van der Waals surface area contributed by atoms with Gasteiger partial charge in [0.05, 0.1) is 15.6 Å². The fraction of sp³-hybridized carbons (Fsp3) is 0.450. The molecule has 3 amide bonds. The number of likely N-dealkylation sites (tertiary alicyclic amines) is 1. The molecule has 10 heteroatoms. The third kappa shape index (κ3) is 6.23. The third-order valence-electron chi connectivity index (χ3n) is 4.98. The maximum absolute atomic E-state index is 13.6. The Morgan fingerprint density at radius 2 is 2.00 bits per heavy atom. The Hall–Kier alpha value is -2.03. The lowest BCUT2D eigenvalue weighted by Gasteiger charge is -2.38. The number of alkyl halides is 2. The van der Waals surface area contributed by atoms with Crippen molar-refractivity contribution in [3.05, 3.63) is 45.6 Å². The molecule has 1 saturated heterocycles. The van der Waals surface area contributed by atoms with Crippen molar-refractivity contribution in [2.24, 2.45) is 4.99 Å². The zero-order valence-electron chi connectivity index (χ0n) is 16.8. The number of rotatable bonds is 6. The van der Waals surface area contributed by atoms with E-state index in [9.17, 15) is 18.4 Å². The van der Waals surface area contributed by atoms with Crippen molar-refractivity contribution >= 4 is 41.9 Å². The average molecular weight is 461 g/mol. The number of benzene rings is 1. The van der Waals surface area contributed by atoms with Crippen LogP contribution in [0.15, 0.2) is 35.0 Å². The van der Waals surface area contributed by atoms with Crippen molar-refractivity contribution < 1.29 is 18.4 Å². The van der Waals surface area contributed by atoms with Crippen LogP contribution >= 0.6 is 23.2 Å². The van der Waals surface area contributed by atoms with Gasteiger partial charge in [-0.25, -0.2) is 18.6 Å². The topological polar surface area (TPSA) is 65.0 Å². The van der Waals surface area contributed by atoms with Gasteiger partial charge in [0.15, 0.2) is 0 Å². The fourth-order valence-corrected chi connectivity index (χ4v) is 3.65. The van der Waals surface area contributed by atoms with Crippen LogP contribution in [0.2, 0.25) is 10.0 Å². The van der Waals surface area contributed by atoms with E-state index in [1.807, 2.05) is 4.90 Å². The first kappa shape index (κ1) is 24.2. The van der Waals surface area contributed by atoms with Crippen molar-refractivity contribution in [1.82, 2.24) is 15.1 Å². The van der Waals surface area contributed by atoms with Crippen molar-refractivity contribution in [1.29, 1.82) is 0 Å². The molecule has 1 aromatic rings. The number of piperidine rings is 1. The number of hydrogen-bond acceptors (Lipinski definition) is 3. The summed E-state index contributed by atoms with van der Waals surface area (Å²) in [7, 11) is 1.52. The predicted molar refractivity (Wildman–Crippen MR) is 115 cm³/mol. The Labute approximate surface area is 184 Å². The summed E-state index contributed by atoms with van der Waals surface area (Å²) in [5.74, 6) is -3.13. The van der Waals surface area contributed by atoms with Crippen LogP contribution in [-0.2, 0) is 0 Å². The van der Waals surface area contributed by atoms with Crippen LogP contribution in [0.4, 0.5) is 13.6 Å². The summed E-state index contributed by atoms with van der Waals surface area (Å²) < 4.78 is 27.2. The number of aliphatic imine (C=N–C) groups is 1. The van der Waals surface area contributed by atoms with Gasteiger partial charge in [-0.1, -0.05) is 29.3 Å². The van der Waals surface area contributed by atoms with Crippen LogP contribution in [0.5, 0.6) is 0 Å². The molecule has 164 valence electrons. The van der Waals surface area contributed by atoms with E-state index in [2.05, 4.69) is 17.0 Å². The van der Waals surface area contributed by atoms with Gasteiger partial charge >= 0.3 is 6.03 Å². The van der Waals surface area contributed by atoms with Gasteiger partial charge in [-0.05, 0) is 31.3 Å². The van der Waals surface area contributed by atoms with E-state index in [0.29, 0.717) is 5.57 Å². The lowest BCUT2D eigenvalue weighted by molar-refractivity contribution is -0.0602. The Kier molecular flexibility index (Phi) is 8.34. The minimum Gasteiger partial charge on any atom is -0.350 e. The van der Waals surface area contributed by atoms with Crippen LogP contribution in [0.1, 0.15) is 30.1 Å². The quantitative estimate of drug-likeness (QED) is 0.636. The SMILES string of the molecule is C=NC(=O)N(C)/C=C(\C)C(CNC(=O)c1cccc(Cl)c1Cl)N1CCC(F)(F)CC1. The molecule has 1 aliphatic heterocycles. The average Bonchev–Trinajstić information content (AvgIpc) is 2.70. The molecule has 6 nitrogen and oxygen atoms in total. The molecule has 1 aromatic carbocycles.